The van der Waals surface area contributed by atoms with Gasteiger partial charge in [-0.2, -0.15) is 0 Å². The maximum absolute atomic E-state index is 12.4. The lowest BCUT2D eigenvalue weighted by atomic mass is 10.2. The molecular formula is C12H15N3O4. The van der Waals surface area contributed by atoms with Crippen LogP contribution in [0.1, 0.15) is 30.3 Å². The molecule has 0 saturated heterocycles. The number of rotatable bonds is 1. The number of nitrogens with zero attached hydrogens (tertiary/aromatic N) is 3. The fourth-order valence-corrected chi connectivity index (χ4v) is 2.85. The summed E-state index contributed by atoms with van der Waals surface area (Å²) in [5.41, 5.74) is -1.41. The molecule has 0 atom stereocenters. The van der Waals surface area contributed by atoms with Crippen molar-refractivity contribution in [1.82, 2.24) is 9.58 Å². The molecule has 1 spiro atoms. The summed E-state index contributed by atoms with van der Waals surface area (Å²) in [7, 11) is 1.77. The number of carbonyl (C=O) groups excluding carboxylic acids is 1. The van der Waals surface area contributed by atoms with E-state index < -0.39 is 22.6 Å². The van der Waals surface area contributed by atoms with Crippen molar-refractivity contribution in [2.45, 2.75) is 25.4 Å². The van der Waals surface area contributed by atoms with Crippen molar-refractivity contribution in [2.75, 3.05) is 18.6 Å². The summed E-state index contributed by atoms with van der Waals surface area (Å²) in [4.78, 5) is 25.6. The van der Waals surface area contributed by atoms with Crippen LogP contribution in [-0.2, 0) is 0 Å². The number of hydrogen-bond donors (Lipinski definition) is 2. The van der Waals surface area contributed by atoms with Gasteiger partial charge in [-0.3, -0.25) is 19.3 Å². The summed E-state index contributed by atoms with van der Waals surface area (Å²) in [6.45, 7) is 2.36. The molecule has 2 aliphatic rings. The molecule has 1 amide bonds. The minimum atomic E-state index is -0.921. The zero-order valence-corrected chi connectivity index (χ0v) is 10.8. The molecule has 7 nitrogen and oxygen atoms in total. The second kappa shape index (κ2) is 3.43. The van der Waals surface area contributed by atoms with E-state index in [1.54, 1.807) is 17.0 Å². The third kappa shape index (κ3) is 1.27. The fourth-order valence-electron chi connectivity index (χ4n) is 2.85. The smallest absolute Gasteiger partial charge is 0.278 e. The number of aromatic nitrogens is 1. The van der Waals surface area contributed by atoms with Gasteiger partial charge in [0.25, 0.3) is 11.3 Å². The second-order valence-corrected chi connectivity index (χ2v) is 4.94. The van der Waals surface area contributed by atoms with Crippen LogP contribution in [0, 0.1) is 0 Å². The van der Waals surface area contributed by atoms with Crippen molar-refractivity contribution < 1.29 is 15.0 Å². The second-order valence-electron chi connectivity index (χ2n) is 4.94. The van der Waals surface area contributed by atoms with Gasteiger partial charge < -0.3 is 15.1 Å². The van der Waals surface area contributed by atoms with Crippen molar-refractivity contribution in [3.05, 3.63) is 22.1 Å². The monoisotopic (exact) mass is 265 g/mol. The Morgan fingerprint density at radius 2 is 1.95 bits per heavy atom. The van der Waals surface area contributed by atoms with Crippen LogP contribution in [0.25, 0.3) is 0 Å². The van der Waals surface area contributed by atoms with Gasteiger partial charge in [-0.15, -0.1) is 0 Å². The van der Waals surface area contributed by atoms with Crippen LogP contribution >= 0.6 is 0 Å². The number of hydrogen-bond acceptors (Lipinski definition) is 5. The van der Waals surface area contributed by atoms with E-state index in [9.17, 15) is 19.8 Å². The largest absolute Gasteiger partial charge is 0.503 e. The average Bonchev–Trinajstić information content (AvgIpc) is 3.15. The molecule has 3 rings (SSSR count). The molecule has 0 aromatic carbocycles. The van der Waals surface area contributed by atoms with E-state index in [-0.39, 0.29) is 11.6 Å². The van der Waals surface area contributed by atoms with E-state index in [0.717, 1.165) is 12.8 Å². The maximum atomic E-state index is 12.4. The average molecular weight is 265 g/mol. The predicted molar refractivity (Wildman–Crippen MR) is 66.8 cm³/mol. The lowest BCUT2D eigenvalue weighted by Gasteiger charge is -2.45. The summed E-state index contributed by atoms with van der Waals surface area (Å²) in [6.07, 6.45) is 2.84. The molecule has 1 saturated carbocycles. The van der Waals surface area contributed by atoms with Crippen molar-refractivity contribution in [3.63, 3.8) is 0 Å². The topological polar surface area (TPSA) is 86.0 Å². The first kappa shape index (κ1) is 11.9. The highest BCUT2D eigenvalue weighted by Crippen LogP contribution is 2.46. The van der Waals surface area contributed by atoms with Crippen molar-refractivity contribution in [1.29, 1.82) is 0 Å². The SMILES string of the molecule is CCN1C(=O)c2c(O)c(=O)c(O)cn2N(C)C12CC2. The molecule has 2 heterocycles. The maximum Gasteiger partial charge on any atom is 0.278 e. The van der Waals surface area contributed by atoms with Gasteiger partial charge in [0.15, 0.2) is 17.2 Å². The molecule has 1 aromatic heterocycles. The van der Waals surface area contributed by atoms with Gasteiger partial charge in [0.2, 0.25) is 0 Å². The number of carbonyl (C=O) groups is 1. The Hall–Kier alpha value is -2.18. The third-order valence-electron chi connectivity index (χ3n) is 4.03. The highest BCUT2D eigenvalue weighted by atomic mass is 16.3. The molecule has 7 heteroatoms. The molecule has 1 fully saturated rings. The van der Waals surface area contributed by atoms with E-state index in [2.05, 4.69) is 0 Å². The highest BCUT2D eigenvalue weighted by molar-refractivity contribution is 5.97. The molecule has 0 bridgehead atoms. The van der Waals surface area contributed by atoms with Crippen LogP contribution in [0.3, 0.4) is 0 Å². The highest BCUT2D eigenvalue weighted by Gasteiger charge is 2.57. The van der Waals surface area contributed by atoms with Crippen molar-refractivity contribution in [2.24, 2.45) is 0 Å². The molecular weight excluding hydrogens is 250 g/mol. The van der Waals surface area contributed by atoms with Gasteiger partial charge >= 0.3 is 0 Å². The first-order valence-corrected chi connectivity index (χ1v) is 6.17. The van der Waals surface area contributed by atoms with Crippen LogP contribution in [0.2, 0.25) is 0 Å². The molecule has 19 heavy (non-hydrogen) atoms. The first-order valence-electron chi connectivity index (χ1n) is 6.17. The van der Waals surface area contributed by atoms with Crippen LogP contribution in [0.15, 0.2) is 11.0 Å². The minimum Gasteiger partial charge on any atom is -0.503 e. The molecule has 0 unspecified atom stereocenters. The van der Waals surface area contributed by atoms with E-state index >= 15 is 0 Å². The normalized spacial score (nSPS) is 19.8. The van der Waals surface area contributed by atoms with Crippen LogP contribution in [0.4, 0.5) is 0 Å². The zero-order valence-electron chi connectivity index (χ0n) is 10.8. The lowest BCUT2D eigenvalue weighted by molar-refractivity contribution is 0.0551. The van der Waals surface area contributed by atoms with Crippen LogP contribution in [0.5, 0.6) is 11.5 Å². The predicted octanol–water partition coefficient (Wildman–Crippen LogP) is -0.207. The third-order valence-corrected chi connectivity index (χ3v) is 4.03. The zero-order chi connectivity index (χ0) is 13.9. The summed E-state index contributed by atoms with van der Waals surface area (Å²) in [5, 5.41) is 21.2. The standard InChI is InChI=1S/C12H15N3O4/c1-3-14-11(19)8-10(18)9(17)7(16)6-15(8)13(2)12(14)4-5-12/h6,16,18H,3-5H2,1-2H3. The summed E-state index contributed by atoms with van der Waals surface area (Å²) in [6, 6.07) is 0. The Morgan fingerprint density at radius 1 is 1.32 bits per heavy atom. The van der Waals surface area contributed by atoms with E-state index in [1.165, 1.54) is 10.9 Å². The number of fused-ring (bicyclic) bond motifs is 1. The van der Waals surface area contributed by atoms with Crippen LogP contribution in [-0.4, -0.2) is 45.0 Å². The van der Waals surface area contributed by atoms with Crippen molar-refractivity contribution in [3.8, 4) is 11.5 Å². The minimum absolute atomic E-state index is 0.0929. The Kier molecular flexibility index (Phi) is 2.15. The van der Waals surface area contributed by atoms with E-state index in [0.29, 0.717) is 6.54 Å². The van der Waals surface area contributed by atoms with E-state index in [4.69, 9.17) is 0 Å². The molecule has 2 N–H and O–H groups in total. The van der Waals surface area contributed by atoms with Crippen molar-refractivity contribution >= 4 is 5.91 Å². The quantitative estimate of drug-likeness (QED) is 0.734. The fraction of sp³-hybridized carbons (Fsp3) is 0.500. The van der Waals surface area contributed by atoms with E-state index in [1.807, 2.05) is 6.92 Å². The molecule has 1 aliphatic heterocycles. The van der Waals surface area contributed by atoms with Gasteiger partial charge in [-0.05, 0) is 19.8 Å². The Morgan fingerprint density at radius 3 is 2.47 bits per heavy atom. The lowest BCUT2D eigenvalue weighted by Crippen LogP contribution is -2.61. The molecule has 1 aliphatic carbocycles. The van der Waals surface area contributed by atoms with Gasteiger partial charge in [0, 0.05) is 13.6 Å². The van der Waals surface area contributed by atoms with Gasteiger partial charge in [-0.1, -0.05) is 0 Å². The Balaban J connectivity index is 2.29. The molecule has 1 aromatic rings. The number of aromatic hydroxyl groups is 2. The van der Waals surface area contributed by atoms with Gasteiger partial charge in [0.1, 0.15) is 5.66 Å². The summed E-state index contributed by atoms with van der Waals surface area (Å²) >= 11 is 0. The van der Waals surface area contributed by atoms with Gasteiger partial charge in [0.05, 0.1) is 6.20 Å². The molecule has 102 valence electrons. The first-order chi connectivity index (χ1) is 8.94. The van der Waals surface area contributed by atoms with Gasteiger partial charge in [-0.25, -0.2) is 0 Å². The summed E-state index contributed by atoms with van der Waals surface area (Å²) < 4.78 is 1.37. The Labute approximate surface area is 109 Å². The Bertz CT molecular complexity index is 633. The summed E-state index contributed by atoms with van der Waals surface area (Å²) in [5.74, 6) is -1.65. The van der Waals surface area contributed by atoms with Crippen LogP contribution < -0.4 is 10.4 Å². The number of amides is 1. The molecule has 0 radical (unpaired) electrons. The number of pyridine rings is 1.